The average Bonchev–Trinajstić information content (AvgIpc) is 3.05. The monoisotopic (exact) mass is 439 g/mol. The Labute approximate surface area is 190 Å². The number of benzene rings is 2. The number of fused-ring (bicyclic) bond motifs is 1. The highest BCUT2D eigenvalue weighted by Crippen LogP contribution is 2.36. The number of aryl methyl sites for hydroxylation is 1. The summed E-state index contributed by atoms with van der Waals surface area (Å²) in [5, 5.41) is 3.10. The molecule has 1 amide bonds. The standard InChI is InChI=1S/C26H34FN3O2/c1-20-6-8-21(9-7-20)18-30-23(19-32-25-16-22(27)10-11-24(25)30)17-26(31)28-12-15-29-13-4-2-3-5-14-29/h6-11,16,23H,2-5,12-15,17-19H2,1H3,(H,28,31). The molecule has 0 bridgehead atoms. The van der Waals surface area contributed by atoms with Gasteiger partial charge in [-0.3, -0.25) is 4.79 Å². The molecule has 2 aliphatic heterocycles. The summed E-state index contributed by atoms with van der Waals surface area (Å²) < 4.78 is 19.6. The van der Waals surface area contributed by atoms with Crippen LogP contribution in [0.1, 0.15) is 43.2 Å². The lowest BCUT2D eigenvalue weighted by atomic mass is 10.1. The van der Waals surface area contributed by atoms with Gasteiger partial charge in [0.05, 0.1) is 18.2 Å². The first kappa shape index (κ1) is 22.6. The van der Waals surface area contributed by atoms with Gasteiger partial charge in [-0.1, -0.05) is 42.7 Å². The molecule has 2 aliphatic rings. The van der Waals surface area contributed by atoms with Gasteiger partial charge in [-0.2, -0.15) is 0 Å². The molecular formula is C26H34FN3O2. The average molecular weight is 440 g/mol. The van der Waals surface area contributed by atoms with Crippen molar-refractivity contribution in [2.75, 3.05) is 37.7 Å². The van der Waals surface area contributed by atoms with E-state index in [9.17, 15) is 9.18 Å². The molecule has 1 N–H and O–H groups in total. The molecule has 172 valence electrons. The number of nitrogens with one attached hydrogen (secondary N) is 1. The zero-order chi connectivity index (χ0) is 22.3. The zero-order valence-electron chi connectivity index (χ0n) is 19.0. The molecule has 32 heavy (non-hydrogen) atoms. The molecule has 0 saturated carbocycles. The molecule has 2 aromatic carbocycles. The van der Waals surface area contributed by atoms with Gasteiger partial charge in [0.15, 0.2) is 0 Å². The smallest absolute Gasteiger partial charge is 0.222 e. The Morgan fingerprint density at radius 3 is 2.59 bits per heavy atom. The molecule has 1 fully saturated rings. The number of anilines is 1. The van der Waals surface area contributed by atoms with E-state index in [1.807, 2.05) is 0 Å². The third kappa shape index (κ3) is 6.00. The second-order valence-electron chi connectivity index (χ2n) is 9.00. The summed E-state index contributed by atoms with van der Waals surface area (Å²) in [6.07, 6.45) is 5.48. The number of carbonyl (C=O) groups is 1. The lowest BCUT2D eigenvalue weighted by Gasteiger charge is -2.38. The van der Waals surface area contributed by atoms with Gasteiger partial charge in [-0.15, -0.1) is 0 Å². The van der Waals surface area contributed by atoms with E-state index in [2.05, 4.69) is 46.3 Å². The zero-order valence-corrected chi connectivity index (χ0v) is 19.0. The Bertz CT molecular complexity index is 894. The molecule has 1 saturated heterocycles. The minimum absolute atomic E-state index is 0.0351. The van der Waals surface area contributed by atoms with E-state index in [0.29, 0.717) is 31.9 Å². The molecule has 0 aromatic heterocycles. The van der Waals surface area contributed by atoms with Crippen LogP contribution in [0.4, 0.5) is 10.1 Å². The van der Waals surface area contributed by atoms with Gasteiger partial charge in [0.25, 0.3) is 0 Å². The van der Waals surface area contributed by atoms with Crippen molar-refractivity contribution >= 4 is 11.6 Å². The van der Waals surface area contributed by atoms with Crippen LogP contribution in [0.15, 0.2) is 42.5 Å². The third-order valence-electron chi connectivity index (χ3n) is 6.45. The Balaban J connectivity index is 1.39. The van der Waals surface area contributed by atoms with Crippen molar-refractivity contribution in [3.63, 3.8) is 0 Å². The maximum absolute atomic E-state index is 13.8. The molecule has 0 radical (unpaired) electrons. The molecule has 0 spiro atoms. The van der Waals surface area contributed by atoms with Crippen LogP contribution in [0, 0.1) is 12.7 Å². The van der Waals surface area contributed by atoms with Crippen LogP contribution >= 0.6 is 0 Å². The first-order chi connectivity index (χ1) is 15.6. The highest BCUT2D eigenvalue weighted by atomic mass is 19.1. The molecular weight excluding hydrogens is 405 g/mol. The largest absolute Gasteiger partial charge is 0.489 e. The van der Waals surface area contributed by atoms with Crippen molar-refractivity contribution in [1.82, 2.24) is 10.2 Å². The summed E-state index contributed by atoms with van der Waals surface area (Å²) in [6.45, 7) is 6.91. The van der Waals surface area contributed by atoms with Crippen LogP contribution < -0.4 is 15.0 Å². The molecule has 4 rings (SSSR count). The van der Waals surface area contributed by atoms with E-state index in [0.717, 1.165) is 30.9 Å². The summed E-state index contributed by atoms with van der Waals surface area (Å²) >= 11 is 0. The van der Waals surface area contributed by atoms with Crippen molar-refractivity contribution in [2.45, 2.75) is 51.6 Å². The lowest BCUT2D eigenvalue weighted by Crippen LogP contribution is -2.46. The number of amides is 1. The van der Waals surface area contributed by atoms with E-state index in [1.165, 1.54) is 43.4 Å². The summed E-state index contributed by atoms with van der Waals surface area (Å²) in [7, 11) is 0. The molecule has 2 heterocycles. The Morgan fingerprint density at radius 2 is 1.84 bits per heavy atom. The quantitative estimate of drug-likeness (QED) is 0.699. The highest BCUT2D eigenvalue weighted by Gasteiger charge is 2.30. The molecule has 6 heteroatoms. The summed E-state index contributed by atoms with van der Waals surface area (Å²) in [5.74, 6) is 0.256. The van der Waals surface area contributed by atoms with Gasteiger partial charge in [0.2, 0.25) is 5.91 Å². The van der Waals surface area contributed by atoms with Crippen molar-refractivity contribution in [3.05, 3.63) is 59.4 Å². The van der Waals surface area contributed by atoms with Crippen molar-refractivity contribution in [2.24, 2.45) is 0 Å². The van der Waals surface area contributed by atoms with Crippen LogP contribution in [0.2, 0.25) is 0 Å². The first-order valence-corrected chi connectivity index (χ1v) is 11.8. The predicted molar refractivity (Wildman–Crippen MR) is 126 cm³/mol. The van der Waals surface area contributed by atoms with Gasteiger partial charge in [0, 0.05) is 25.7 Å². The Kier molecular flexibility index (Phi) is 7.63. The predicted octanol–water partition coefficient (Wildman–Crippen LogP) is 4.28. The van der Waals surface area contributed by atoms with Crippen LogP contribution in [-0.4, -0.2) is 49.6 Å². The second-order valence-corrected chi connectivity index (χ2v) is 9.00. The van der Waals surface area contributed by atoms with E-state index in [4.69, 9.17) is 4.74 Å². The normalized spacial score (nSPS) is 19.1. The van der Waals surface area contributed by atoms with Crippen molar-refractivity contribution in [1.29, 1.82) is 0 Å². The van der Waals surface area contributed by atoms with E-state index >= 15 is 0 Å². The number of likely N-dealkylation sites (tertiary alicyclic amines) is 1. The maximum Gasteiger partial charge on any atom is 0.222 e. The first-order valence-electron chi connectivity index (χ1n) is 11.8. The van der Waals surface area contributed by atoms with Crippen molar-refractivity contribution in [3.8, 4) is 5.75 Å². The van der Waals surface area contributed by atoms with Gasteiger partial charge < -0.3 is 19.9 Å². The molecule has 0 aliphatic carbocycles. The number of halogens is 1. The number of nitrogens with zero attached hydrogens (tertiary/aromatic N) is 2. The van der Waals surface area contributed by atoms with E-state index < -0.39 is 0 Å². The van der Waals surface area contributed by atoms with Gasteiger partial charge in [0.1, 0.15) is 18.2 Å². The van der Waals surface area contributed by atoms with E-state index in [1.54, 1.807) is 6.07 Å². The summed E-state index contributed by atoms with van der Waals surface area (Å²) in [6, 6.07) is 12.9. The fraction of sp³-hybridized carbons (Fsp3) is 0.500. The van der Waals surface area contributed by atoms with Gasteiger partial charge in [-0.05, 0) is 50.6 Å². The number of ether oxygens (including phenoxy) is 1. The highest BCUT2D eigenvalue weighted by molar-refractivity contribution is 5.77. The van der Waals surface area contributed by atoms with E-state index in [-0.39, 0.29) is 17.8 Å². The fourth-order valence-corrected chi connectivity index (χ4v) is 4.59. The number of hydrogen-bond acceptors (Lipinski definition) is 4. The molecule has 1 unspecified atom stereocenters. The summed E-state index contributed by atoms with van der Waals surface area (Å²) in [4.78, 5) is 17.4. The molecule has 1 atom stereocenters. The summed E-state index contributed by atoms with van der Waals surface area (Å²) in [5.41, 5.74) is 3.19. The fourth-order valence-electron chi connectivity index (χ4n) is 4.59. The van der Waals surface area contributed by atoms with Crippen molar-refractivity contribution < 1.29 is 13.9 Å². The Morgan fingerprint density at radius 1 is 1.09 bits per heavy atom. The van der Waals surface area contributed by atoms with Crippen LogP contribution in [0.5, 0.6) is 5.75 Å². The Hall–Kier alpha value is -2.60. The van der Waals surface area contributed by atoms with Gasteiger partial charge >= 0.3 is 0 Å². The maximum atomic E-state index is 13.8. The molecule has 5 nitrogen and oxygen atoms in total. The minimum Gasteiger partial charge on any atom is -0.489 e. The minimum atomic E-state index is -0.316. The van der Waals surface area contributed by atoms with Crippen LogP contribution in [0.25, 0.3) is 0 Å². The SMILES string of the molecule is Cc1ccc(CN2c3ccc(F)cc3OCC2CC(=O)NCCN2CCCCCC2)cc1. The molecule has 2 aromatic rings. The topological polar surface area (TPSA) is 44.8 Å². The number of rotatable bonds is 7. The lowest BCUT2D eigenvalue weighted by molar-refractivity contribution is -0.121. The second kappa shape index (κ2) is 10.8. The van der Waals surface area contributed by atoms with Crippen LogP contribution in [-0.2, 0) is 11.3 Å². The number of carbonyl (C=O) groups excluding carboxylic acids is 1. The van der Waals surface area contributed by atoms with Crippen LogP contribution in [0.3, 0.4) is 0 Å². The third-order valence-corrected chi connectivity index (χ3v) is 6.45. The van der Waals surface area contributed by atoms with Gasteiger partial charge in [-0.25, -0.2) is 4.39 Å². The number of hydrogen-bond donors (Lipinski definition) is 1.